The molecule has 1 aromatic carbocycles. The van der Waals surface area contributed by atoms with E-state index in [0.717, 1.165) is 16.8 Å². The van der Waals surface area contributed by atoms with Gasteiger partial charge in [-0.1, -0.05) is 29.8 Å². The maximum Gasteiger partial charge on any atom is 0.354 e. The van der Waals surface area contributed by atoms with Crippen LogP contribution < -0.4 is 0 Å². The summed E-state index contributed by atoms with van der Waals surface area (Å²) in [6, 6.07) is 8.87. The highest BCUT2D eigenvalue weighted by Gasteiger charge is 2.11. The summed E-state index contributed by atoms with van der Waals surface area (Å²) >= 11 is 6.25. The molecule has 0 spiro atoms. The van der Waals surface area contributed by atoms with E-state index in [1.807, 2.05) is 43.6 Å². The molecule has 2 aromatic heterocycles. The fraction of sp³-hybridized carbons (Fsp3) is 0.0588. The van der Waals surface area contributed by atoms with Crippen molar-refractivity contribution < 1.29 is 9.90 Å². The molecule has 0 aliphatic carbocycles. The Hall–Kier alpha value is -2.99. The van der Waals surface area contributed by atoms with Gasteiger partial charge < -0.3 is 5.11 Å². The van der Waals surface area contributed by atoms with Crippen LogP contribution in [0.3, 0.4) is 0 Å². The largest absolute Gasteiger partial charge is 0.477 e. The fourth-order valence-electron chi connectivity index (χ4n) is 2.25. The number of aryl methyl sites for hydroxylation is 1. The number of hydrogen-bond donors (Lipinski definition) is 1. The number of halogens is 1. The molecule has 120 valence electrons. The van der Waals surface area contributed by atoms with Gasteiger partial charge in [-0.25, -0.2) is 14.8 Å². The van der Waals surface area contributed by atoms with Crippen LogP contribution in [0, 0.1) is 0 Å². The van der Waals surface area contributed by atoms with E-state index >= 15 is 0 Å². The summed E-state index contributed by atoms with van der Waals surface area (Å²) in [5.41, 5.74) is 2.86. The lowest BCUT2D eigenvalue weighted by atomic mass is 10.1. The summed E-state index contributed by atoms with van der Waals surface area (Å²) in [5, 5.41) is 14.0. The van der Waals surface area contributed by atoms with E-state index in [0.29, 0.717) is 10.7 Å². The van der Waals surface area contributed by atoms with Gasteiger partial charge in [-0.2, -0.15) is 5.10 Å². The van der Waals surface area contributed by atoms with Crippen molar-refractivity contribution in [3.63, 3.8) is 0 Å². The molecule has 0 amide bonds. The zero-order valence-corrected chi connectivity index (χ0v) is 13.5. The molecule has 6 nitrogen and oxygen atoms in total. The molecule has 0 aliphatic heterocycles. The number of benzene rings is 1. The van der Waals surface area contributed by atoms with Gasteiger partial charge in [0.2, 0.25) is 0 Å². The second-order valence-electron chi connectivity index (χ2n) is 5.05. The molecule has 0 aliphatic rings. The van der Waals surface area contributed by atoms with Crippen molar-refractivity contribution in [2.24, 2.45) is 7.05 Å². The van der Waals surface area contributed by atoms with Crippen LogP contribution in [0.4, 0.5) is 0 Å². The number of nitrogens with zero attached hydrogens (tertiary/aromatic N) is 4. The molecule has 0 fully saturated rings. The Balaban J connectivity index is 1.98. The van der Waals surface area contributed by atoms with Crippen molar-refractivity contribution in [2.75, 3.05) is 0 Å². The third-order valence-electron chi connectivity index (χ3n) is 3.33. The molecule has 0 saturated heterocycles. The van der Waals surface area contributed by atoms with Gasteiger partial charge in [0, 0.05) is 24.4 Å². The minimum Gasteiger partial charge on any atom is -0.477 e. The van der Waals surface area contributed by atoms with Crippen molar-refractivity contribution in [1.82, 2.24) is 19.7 Å². The zero-order valence-electron chi connectivity index (χ0n) is 12.7. The first kappa shape index (κ1) is 15.9. The number of carboxylic acids is 1. The Morgan fingerprint density at radius 2 is 2.04 bits per heavy atom. The molecular weight excluding hydrogens is 328 g/mol. The van der Waals surface area contributed by atoms with E-state index in [4.69, 9.17) is 16.7 Å². The van der Waals surface area contributed by atoms with Crippen LogP contribution >= 0.6 is 11.6 Å². The number of aromatic carboxylic acids is 1. The Morgan fingerprint density at radius 3 is 2.79 bits per heavy atom. The van der Waals surface area contributed by atoms with Gasteiger partial charge in [0.1, 0.15) is 12.0 Å². The van der Waals surface area contributed by atoms with Crippen molar-refractivity contribution in [3.8, 4) is 11.3 Å². The topological polar surface area (TPSA) is 80.9 Å². The van der Waals surface area contributed by atoms with Gasteiger partial charge in [0.05, 0.1) is 10.7 Å². The summed E-state index contributed by atoms with van der Waals surface area (Å²) in [4.78, 5) is 18.7. The lowest BCUT2D eigenvalue weighted by molar-refractivity contribution is 0.0690. The Bertz CT molecular complexity index is 934. The van der Waals surface area contributed by atoms with Crippen LogP contribution in [0.1, 0.15) is 21.7 Å². The van der Waals surface area contributed by atoms with Crippen molar-refractivity contribution in [2.45, 2.75) is 0 Å². The third kappa shape index (κ3) is 3.33. The highest BCUT2D eigenvalue weighted by atomic mass is 35.5. The maximum atomic E-state index is 11.0. The van der Waals surface area contributed by atoms with E-state index in [1.165, 1.54) is 12.4 Å². The molecule has 0 atom stereocenters. The number of aromatic nitrogens is 4. The molecule has 3 aromatic rings. The molecule has 1 N–H and O–H groups in total. The smallest absolute Gasteiger partial charge is 0.354 e. The van der Waals surface area contributed by atoms with E-state index in [-0.39, 0.29) is 5.69 Å². The highest BCUT2D eigenvalue weighted by Crippen LogP contribution is 2.29. The van der Waals surface area contributed by atoms with Gasteiger partial charge in [-0.15, -0.1) is 0 Å². The molecule has 0 unspecified atom stereocenters. The molecule has 0 saturated carbocycles. The molecule has 3 rings (SSSR count). The molecule has 2 heterocycles. The maximum absolute atomic E-state index is 11.0. The van der Waals surface area contributed by atoms with Gasteiger partial charge in [0.25, 0.3) is 0 Å². The Labute approximate surface area is 143 Å². The SMILES string of the molecule is Cn1cc(/C=C/c2cc(C(=O)O)ncn2)c(-c2ccccc2Cl)n1. The Kier molecular flexibility index (Phi) is 4.39. The third-order valence-corrected chi connectivity index (χ3v) is 3.66. The van der Waals surface area contributed by atoms with Crippen LogP contribution in [0.15, 0.2) is 42.9 Å². The molecule has 0 bridgehead atoms. The number of carboxylic acid groups (broad SMARTS) is 1. The van der Waals surface area contributed by atoms with Gasteiger partial charge in [0.15, 0.2) is 5.69 Å². The average molecular weight is 341 g/mol. The van der Waals surface area contributed by atoms with Crippen molar-refractivity contribution in [3.05, 3.63) is 64.8 Å². The lowest BCUT2D eigenvalue weighted by Crippen LogP contribution is -2.00. The lowest BCUT2D eigenvalue weighted by Gasteiger charge is -2.01. The van der Waals surface area contributed by atoms with Gasteiger partial charge in [-0.3, -0.25) is 4.68 Å². The molecule has 7 heteroatoms. The summed E-state index contributed by atoms with van der Waals surface area (Å²) in [7, 11) is 1.82. The first-order valence-corrected chi connectivity index (χ1v) is 7.44. The minimum absolute atomic E-state index is 0.0536. The van der Waals surface area contributed by atoms with Crippen molar-refractivity contribution >= 4 is 29.7 Å². The first-order valence-electron chi connectivity index (χ1n) is 7.06. The van der Waals surface area contributed by atoms with Crippen LogP contribution in [0.5, 0.6) is 0 Å². The molecule has 0 radical (unpaired) electrons. The number of carbonyl (C=O) groups is 1. The number of rotatable bonds is 4. The second kappa shape index (κ2) is 6.64. The first-order chi connectivity index (χ1) is 11.5. The van der Waals surface area contributed by atoms with Crippen molar-refractivity contribution in [1.29, 1.82) is 0 Å². The van der Waals surface area contributed by atoms with Gasteiger partial charge >= 0.3 is 5.97 Å². The predicted molar refractivity (Wildman–Crippen MR) is 91.6 cm³/mol. The monoisotopic (exact) mass is 340 g/mol. The summed E-state index contributed by atoms with van der Waals surface area (Å²) < 4.78 is 1.70. The fourth-order valence-corrected chi connectivity index (χ4v) is 2.47. The van der Waals surface area contributed by atoms with E-state index in [9.17, 15) is 4.79 Å². The predicted octanol–water partition coefficient (Wildman–Crippen LogP) is 3.40. The summed E-state index contributed by atoms with van der Waals surface area (Å²) in [5.74, 6) is -1.09. The van der Waals surface area contributed by atoms with Crippen LogP contribution in [0.2, 0.25) is 5.02 Å². The van der Waals surface area contributed by atoms with E-state index in [2.05, 4.69) is 15.1 Å². The van der Waals surface area contributed by atoms with Crippen LogP contribution in [0.25, 0.3) is 23.4 Å². The van der Waals surface area contributed by atoms with Gasteiger partial charge in [-0.05, 0) is 24.3 Å². The highest BCUT2D eigenvalue weighted by molar-refractivity contribution is 6.33. The van der Waals surface area contributed by atoms with E-state index in [1.54, 1.807) is 10.8 Å². The quantitative estimate of drug-likeness (QED) is 0.787. The summed E-state index contributed by atoms with van der Waals surface area (Å²) in [6.45, 7) is 0. The van der Waals surface area contributed by atoms with E-state index < -0.39 is 5.97 Å². The molecular formula is C17H13ClN4O2. The summed E-state index contributed by atoms with van der Waals surface area (Å²) in [6.07, 6.45) is 6.61. The van der Waals surface area contributed by atoms with Crippen LogP contribution in [-0.4, -0.2) is 30.8 Å². The zero-order chi connectivity index (χ0) is 17.1. The second-order valence-corrected chi connectivity index (χ2v) is 5.46. The Morgan fingerprint density at radius 1 is 1.25 bits per heavy atom. The normalized spacial score (nSPS) is 11.1. The molecule has 24 heavy (non-hydrogen) atoms. The standard InChI is InChI=1S/C17H13ClN4O2/c1-22-9-11(16(21-22)13-4-2-3-5-14(13)18)6-7-12-8-15(17(23)24)20-10-19-12/h2-10H,1H3,(H,23,24)/b7-6+. The average Bonchev–Trinajstić information content (AvgIpc) is 2.94. The minimum atomic E-state index is -1.09. The van der Waals surface area contributed by atoms with Crippen LogP contribution in [-0.2, 0) is 7.05 Å². The number of hydrogen-bond acceptors (Lipinski definition) is 4.